The van der Waals surface area contributed by atoms with Crippen molar-refractivity contribution in [1.29, 1.82) is 0 Å². The highest BCUT2D eigenvalue weighted by molar-refractivity contribution is 9.59. The van der Waals surface area contributed by atoms with Gasteiger partial charge in [0.15, 0.2) is 0 Å². The second-order valence-electron chi connectivity index (χ2n) is 5.28. The molecule has 1 atom stereocenters. The summed E-state index contributed by atoms with van der Waals surface area (Å²) in [6.45, 7) is 5.46. The van der Waals surface area contributed by atoms with Gasteiger partial charge in [-0.1, -0.05) is 39.0 Å². The van der Waals surface area contributed by atoms with E-state index in [0.717, 1.165) is 0 Å². The normalized spacial score (nSPS) is 27.4. The van der Waals surface area contributed by atoms with E-state index < -0.39 is 19.4 Å². The summed E-state index contributed by atoms with van der Waals surface area (Å²) in [7, 11) is -3.10. The molecule has 18 heavy (non-hydrogen) atoms. The number of alkyl halides is 3. The number of hydrogen-bond acceptors (Lipinski definition) is 0. The molecule has 0 N–H and O–H groups in total. The lowest BCUT2D eigenvalue weighted by atomic mass is 9.95. The molecule has 100 valence electrons. The molecular formula is C13H14BrF3S. The summed E-state index contributed by atoms with van der Waals surface area (Å²) in [5, 5.41) is 0. The predicted octanol–water partition coefficient (Wildman–Crippen LogP) is 6.08. The van der Waals surface area contributed by atoms with Gasteiger partial charge in [-0.3, -0.25) is 0 Å². The number of fused-ring (bicyclic) bond motifs is 1. The number of rotatable bonds is 0. The highest BCUT2D eigenvalue weighted by Crippen LogP contribution is 2.83. The largest absolute Gasteiger partial charge is 0.442 e. The van der Waals surface area contributed by atoms with Crippen LogP contribution >= 0.6 is 23.3 Å². The van der Waals surface area contributed by atoms with Crippen LogP contribution in [0.2, 0.25) is 0 Å². The van der Waals surface area contributed by atoms with Crippen LogP contribution < -0.4 is 0 Å². The van der Waals surface area contributed by atoms with Gasteiger partial charge in [-0.25, -0.2) is 0 Å². The molecule has 1 aromatic carbocycles. The number of allylic oxidation sites excluding steroid dienone is 1. The van der Waals surface area contributed by atoms with Crippen LogP contribution in [0.3, 0.4) is 0 Å². The minimum Gasteiger partial charge on any atom is -0.160 e. The molecule has 1 aromatic rings. The molecule has 2 rings (SSSR count). The zero-order valence-electron chi connectivity index (χ0n) is 10.3. The molecule has 1 unspecified atom stereocenters. The van der Waals surface area contributed by atoms with Crippen molar-refractivity contribution in [2.45, 2.75) is 31.2 Å². The highest BCUT2D eigenvalue weighted by atomic mass is 79.9. The van der Waals surface area contributed by atoms with Crippen LogP contribution in [0.15, 0.2) is 34.1 Å². The van der Waals surface area contributed by atoms with E-state index in [9.17, 15) is 13.2 Å². The van der Waals surface area contributed by atoms with Crippen LogP contribution in [0, 0.1) is 5.41 Å². The van der Waals surface area contributed by atoms with Gasteiger partial charge in [0.2, 0.25) is 0 Å². The lowest BCUT2D eigenvalue weighted by Gasteiger charge is -2.40. The Kier molecular flexibility index (Phi) is 3.14. The van der Waals surface area contributed by atoms with Gasteiger partial charge in [0.1, 0.15) is 0 Å². The van der Waals surface area contributed by atoms with Crippen LogP contribution in [0.1, 0.15) is 26.3 Å². The first-order chi connectivity index (χ1) is 8.08. The standard InChI is InChI=1S/C13H14BrF3S/c1-12(2,3)11-8-9-6-4-5-7-10(9)18(11,14)13(15,16)17/h4-8H,1-3H3. The lowest BCUT2D eigenvalue weighted by Crippen LogP contribution is -2.22. The van der Waals surface area contributed by atoms with Gasteiger partial charge in [0, 0.05) is 4.90 Å². The van der Waals surface area contributed by atoms with Crippen LogP contribution in [-0.4, -0.2) is 5.51 Å². The van der Waals surface area contributed by atoms with Crippen LogP contribution in [0.25, 0.3) is 6.08 Å². The fourth-order valence-electron chi connectivity index (χ4n) is 2.08. The van der Waals surface area contributed by atoms with Crippen molar-refractivity contribution in [3.63, 3.8) is 0 Å². The maximum atomic E-state index is 13.6. The first-order valence-corrected chi connectivity index (χ1v) is 8.96. The zero-order chi connectivity index (χ0) is 13.8. The van der Waals surface area contributed by atoms with Gasteiger partial charge in [-0.15, -0.1) is 0 Å². The van der Waals surface area contributed by atoms with Crippen molar-refractivity contribution >= 4 is 29.4 Å². The fraction of sp³-hybridized carbons (Fsp3) is 0.385. The van der Waals surface area contributed by atoms with Gasteiger partial charge in [0.05, 0.1) is 0 Å². The molecule has 1 aliphatic rings. The molecule has 0 radical (unpaired) electrons. The Hall–Kier alpha value is -0.420. The first-order valence-electron chi connectivity index (χ1n) is 5.49. The van der Waals surface area contributed by atoms with E-state index in [1.165, 1.54) is 0 Å². The third-order valence-electron chi connectivity index (χ3n) is 2.87. The summed E-state index contributed by atoms with van der Waals surface area (Å²) in [5.41, 5.74) is -4.13. The van der Waals surface area contributed by atoms with Crippen molar-refractivity contribution in [3.05, 3.63) is 34.7 Å². The Morgan fingerprint density at radius 3 is 2.11 bits per heavy atom. The van der Waals surface area contributed by atoms with Gasteiger partial charge in [-0.05, 0) is 51.3 Å². The predicted molar refractivity (Wildman–Crippen MR) is 74.7 cm³/mol. The van der Waals surface area contributed by atoms with Crippen molar-refractivity contribution in [2.24, 2.45) is 5.41 Å². The molecule has 1 heterocycles. The molecule has 0 nitrogen and oxygen atoms in total. The topological polar surface area (TPSA) is 0 Å². The zero-order valence-corrected chi connectivity index (χ0v) is 12.7. The van der Waals surface area contributed by atoms with Gasteiger partial charge < -0.3 is 0 Å². The Morgan fingerprint density at radius 2 is 1.61 bits per heavy atom. The summed E-state index contributed by atoms with van der Waals surface area (Å²) >= 11 is 3.06. The Balaban J connectivity index is 2.72. The second-order valence-corrected chi connectivity index (χ2v) is 10.6. The molecule has 0 spiro atoms. The Morgan fingerprint density at radius 1 is 1.06 bits per heavy atom. The average Bonchev–Trinajstić information content (AvgIpc) is 2.53. The van der Waals surface area contributed by atoms with Crippen molar-refractivity contribution in [2.75, 3.05) is 0 Å². The van der Waals surface area contributed by atoms with E-state index in [-0.39, 0.29) is 0 Å². The summed E-state index contributed by atoms with van der Waals surface area (Å²) in [5.74, 6) is 0. The summed E-state index contributed by atoms with van der Waals surface area (Å²) < 4.78 is 40.7. The van der Waals surface area contributed by atoms with Crippen molar-refractivity contribution < 1.29 is 13.2 Å². The molecule has 1 aliphatic heterocycles. The van der Waals surface area contributed by atoms with Crippen LogP contribution in [0.5, 0.6) is 0 Å². The second kappa shape index (κ2) is 4.04. The maximum Gasteiger partial charge on any atom is 0.442 e. The molecule has 0 bridgehead atoms. The Bertz CT molecular complexity index is 514. The summed E-state index contributed by atoms with van der Waals surface area (Å²) in [6, 6.07) is 6.74. The smallest absolute Gasteiger partial charge is 0.160 e. The third kappa shape index (κ3) is 1.92. The van der Waals surface area contributed by atoms with E-state index >= 15 is 0 Å². The summed E-state index contributed by atoms with van der Waals surface area (Å²) in [4.78, 5) is 0.797. The molecule has 0 saturated heterocycles. The van der Waals surface area contributed by atoms with Crippen molar-refractivity contribution in [1.82, 2.24) is 0 Å². The first kappa shape index (κ1) is 14.0. The van der Waals surface area contributed by atoms with E-state index in [1.54, 1.807) is 30.3 Å². The summed E-state index contributed by atoms with van der Waals surface area (Å²) in [6.07, 6.45) is 1.69. The number of halogens is 4. The van der Waals surface area contributed by atoms with E-state index in [2.05, 4.69) is 14.8 Å². The number of benzene rings is 1. The molecule has 0 aromatic heterocycles. The van der Waals surface area contributed by atoms with E-state index in [0.29, 0.717) is 15.4 Å². The Labute approximate surface area is 114 Å². The monoisotopic (exact) mass is 338 g/mol. The van der Waals surface area contributed by atoms with Gasteiger partial charge in [0.25, 0.3) is 0 Å². The minimum absolute atomic E-state index is 0.363. The molecule has 0 saturated carbocycles. The van der Waals surface area contributed by atoms with Crippen LogP contribution in [0.4, 0.5) is 13.2 Å². The minimum atomic E-state index is -4.28. The molecule has 0 fully saturated rings. The van der Waals surface area contributed by atoms with Crippen LogP contribution in [-0.2, 0) is 0 Å². The number of hydrogen-bond donors (Lipinski definition) is 0. The third-order valence-corrected chi connectivity index (χ3v) is 9.02. The molecular weight excluding hydrogens is 325 g/mol. The average molecular weight is 339 g/mol. The highest BCUT2D eigenvalue weighted by Gasteiger charge is 2.57. The maximum absolute atomic E-state index is 13.6. The van der Waals surface area contributed by atoms with Gasteiger partial charge in [-0.2, -0.15) is 13.2 Å². The molecule has 5 heteroatoms. The SMILES string of the molecule is CC(C)(C)C1=Cc2ccccc2S1(Br)C(F)(F)F. The van der Waals surface area contributed by atoms with E-state index in [1.807, 2.05) is 20.8 Å². The molecule has 0 amide bonds. The quantitative estimate of drug-likeness (QED) is 0.537. The van der Waals surface area contributed by atoms with Crippen molar-refractivity contribution in [3.8, 4) is 0 Å². The molecule has 0 aliphatic carbocycles. The van der Waals surface area contributed by atoms with Gasteiger partial charge >= 0.3 is 5.51 Å². The lowest BCUT2D eigenvalue weighted by molar-refractivity contribution is -0.0358. The fourth-order valence-corrected chi connectivity index (χ4v) is 7.29. The van der Waals surface area contributed by atoms with E-state index in [4.69, 9.17) is 0 Å².